The van der Waals surface area contributed by atoms with Gasteiger partial charge in [0.15, 0.2) is 11.5 Å². The quantitative estimate of drug-likeness (QED) is 0.612. The molecule has 3 N–H and O–H groups in total. The highest BCUT2D eigenvalue weighted by Gasteiger charge is 2.16. The molecule has 0 heterocycles. The second-order valence-corrected chi connectivity index (χ2v) is 3.34. The van der Waals surface area contributed by atoms with Crippen LogP contribution in [-0.4, -0.2) is 15.3 Å². The van der Waals surface area contributed by atoms with Crippen molar-refractivity contribution in [1.82, 2.24) is 0 Å². The monoisotopic (exact) mass is 202 g/mol. The number of aliphatic hydroxyl groups excluding tert-OH is 1. The van der Waals surface area contributed by atoms with E-state index < -0.39 is 6.10 Å². The SMILES string of the molecule is Cc1cc(O)c(O)c(Cl)c1C(C)O. The number of aromatic hydroxyl groups is 2. The minimum absolute atomic E-state index is 0.00694. The summed E-state index contributed by atoms with van der Waals surface area (Å²) in [6, 6.07) is 1.36. The van der Waals surface area contributed by atoms with Crippen LogP contribution in [0.3, 0.4) is 0 Å². The van der Waals surface area contributed by atoms with Gasteiger partial charge in [-0.3, -0.25) is 0 Å². The van der Waals surface area contributed by atoms with Crippen molar-refractivity contribution in [2.24, 2.45) is 0 Å². The van der Waals surface area contributed by atoms with Crippen molar-refractivity contribution < 1.29 is 15.3 Å². The first kappa shape index (κ1) is 10.2. The first-order chi connectivity index (χ1) is 5.95. The lowest BCUT2D eigenvalue weighted by Gasteiger charge is -2.13. The molecule has 72 valence electrons. The van der Waals surface area contributed by atoms with E-state index in [9.17, 15) is 15.3 Å². The van der Waals surface area contributed by atoms with E-state index in [0.717, 1.165) is 0 Å². The molecule has 0 aliphatic carbocycles. The van der Waals surface area contributed by atoms with Crippen LogP contribution in [0.2, 0.25) is 5.02 Å². The lowest BCUT2D eigenvalue weighted by molar-refractivity contribution is 0.198. The molecule has 0 aliphatic heterocycles. The van der Waals surface area contributed by atoms with Gasteiger partial charge in [-0.25, -0.2) is 0 Å². The molecule has 1 aromatic rings. The number of aliphatic hydroxyl groups is 1. The first-order valence-corrected chi connectivity index (χ1v) is 4.22. The average molecular weight is 203 g/mol. The lowest BCUT2D eigenvalue weighted by atomic mass is 10.0. The number of hydrogen-bond donors (Lipinski definition) is 3. The molecule has 0 saturated heterocycles. The van der Waals surface area contributed by atoms with E-state index in [4.69, 9.17) is 11.6 Å². The number of benzene rings is 1. The Morgan fingerprint density at radius 3 is 2.38 bits per heavy atom. The van der Waals surface area contributed by atoms with Gasteiger partial charge < -0.3 is 15.3 Å². The lowest BCUT2D eigenvalue weighted by Crippen LogP contribution is -1.96. The van der Waals surface area contributed by atoms with Crippen LogP contribution in [0.4, 0.5) is 0 Å². The van der Waals surface area contributed by atoms with Gasteiger partial charge in [-0.15, -0.1) is 0 Å². The van der Waals surface area contributed by atoms with Crippen molar-refractivity contribution in [3.05, 3.63) is 22.2 Å². The topological polar surface area (TPSA) is 60.7 Å². The maximum atomic E-state index is 9.32. The fraction of sp³-hybridized carbons (Fsp3) is 0.333. The van der Waals surface area contributed by atoms with Crippen molar-refractivity contribution in [1.29, 1.82) is 0 Å². The van der Waals surface area contributed by atoms with Crippen LogP contribution in [0.15, 0.2) is 6.07 Å². The summed E-state index contributed by atoms with van der Waals surface area (Å²) in [5, 5.41) is 27.8. The maximum absolute atomic E-state index is 9.32. The molecule has 1 unspecified atom stereocenters. The fourth-order valence-electron chi connectivity index (χ4n) is 1.28. The standard InChI is InChI=1S/C9H11ClO3/c1-4-3-6(12)9(13)8(10)7(4)5(2)11/h3,5,11-13H,1-2H3. The Morgan fingerprint density at radius 2 is 1.92 bits per heavy atom. The molecule has 0 spiro atoms. The Kier molecular flexibility index (Phi) is 2.68. The number of halogens is 1. The molecule has 1 atom stereocenters. The molecule has 3 nitrogen and oxygen atoms in total. The van der Waals surface area contributed by atoms with Crippen LogP contribution in [-0.2, 0) is 0 Å². The Hall–Kier alpha value is -0.930. The molecule has 0 amide bonds. The number of hydrogen-bond acceptors (Lipinski definition) is 3. The average Bonchev–Trinajstić information content (AvgIpc) is 1.99. The summed E-state index contributed by atoms with van der Waals surface area (Å²) < 4.78 is 0. The normalized spacial score (nSPS) is 12.9. The zero-order valence-electron chi connectivity index (χ0n) is 7.37. The second kappa shape index (κ2) is 3.44. The van der Waals surface area contributed by atoms with Crippen LogP contribution in [0, 0.1) is 6.92 Å². The zero-order chi connectivity index (χ0) is 10.2. The number of rotatable bonds is 1. The van der Waals surface area contributed by atoms with Crippen molar-refractivity contribution in [2.75, 3.05) is 0 Å². The summed E-state index contributed by atoms with van der Waals surface area (Å²) in [5.74, 6) is -0.657. The smallest absolute Gasteiger partial charge is 0.176 e. The number of phenols is 2. The van der Waals surface area contributed by atoms with Gasteiger partial charge in [0.25, 0.3) is 0 Å². The molecule has 1 rings (SSSR count). The third-order valence-electron chi connectivity index (χ3n) is 1.88. The van der Waals surface area contributed by atoms with E-state index in [1.807, 2.05) is 0 Å². The Morgan fingerprint density at radius 1 is 1.38 bits per heavy atom. The molecule has 0 aromatic heterocycles. The van der Waals surface area contributed by atoms with Crippen molar-refractivity contribution >= 4 is 11.6 Å². The Bertz CT molecular complexity index is 334. The van der Waals surface area contributed by atoms with E-state index in [0.29, 0.717) is 11.1 Å². The Labute approximate surface area is 81.2 Å². The van der Waals surface area contributed by atoms with E-state index >= 15 is 0 Å². The third kappa shape index (κ3) is 1.71. The molecule has 0 aliphatic rings. The second-order valence-electron chi connectivity index (χ2n) is 2.96. The highest BCUT2D eigenvalue weighted by atomic mass is 35.5. The van der Waals surface area contributed by atoms with Crippen LogP contribution >= 0.6 is 11.6 Å². The van der Waals surface area contributed by atoms with Crippen LogP contribution in [0.25, 0.3) is 0 Å². The minimum atomic E-state index is -0.765. The predicted molar refractivity (Wildman–Crippen MR) is 50.2 cm³/mol. The first-order valence-electron chi connectivity index (χ1n) is 3.84. The van der Waals surface area contributed by atoms with Crippen molar-refractivity contribution in [3.63, 3.8) is 0 Å². The molecular formula is C9H11ClO3. The van der Waals surface area contributed by atoms with Crippen molar-refractivity contribution in [3.8, 4) is 11.5 Å². The molecular weight excluding hydrogens is 192 g/mol. The van der Waals surface area contributed by atoms with Crippen LogP contribution in [0.1, 0.15) is 24.2 Å². The molecule has 4 heteroatoms. The van der Waals surface area contributed by atoms with E-state index in [2.05, 4.69) is 0 Å². The summed E-state index contributed by atoms with van der Waals surface area (Å²) >= 11 is 5.73. The van der Waals surface area contributed by atoms with Gasteiger partial charge in [0.1, 0.15) is 0 Å². The van der Waals surface area contributed by atoms with Crippen molar-refractivity contribution in [2.45, 2.75) is 20.0 Å². The fourth-order valence-corrected chi connectivity index (χ4v) is 1.68. The summed E-state index contributed by atoms with van der Waals surface area (Å²) in [6.07, 6.45) is -0.765. The largest absolute Gasteiger partial charge is 0.504 e. The van der Waals surface area contributed by atoms with Gasteiger partial charge in [0.2, 0.25) is 0 Å². The zero-order valence-corrected chi connectivity index (χ0v) is 8.13. The van der Waals surface area contributed by atoms with Crippen LogP contribution < -0.4 is 0 Å². The van der Waals surface area contributed by atoms with Gasteiger partial charge in [0.05, 0.1) is 11.1 Å². The summed E-state index contributed by atoms with van der Waals surface area (Å²) in [7, 11) is 0. The maximum Gasteiger partial charge on any atom is 0.176 e. The highest BCUT2D eigenvalue weighted by Crippen LogP contribution is 2.40. The van der Waals surface area contributed by atoms with Gasteiger partial charge in [-0.2, -0.15) is 0 Å². The van der Waals surface area contributed by atoms with Gasteiger partial charge >= 0.3 is 0 Å². The van der Waals surface area contributed by atoms with E-state index in [-0.39, 0.29) is 16.5 Å². The minimum Gasteiger partial charge on any atom is -0.504 e. The van der Waals surface area contributed by atoms with E-state index in [1.165, 1.54) is 6.07 Å². The summed E-state index contributed by atoms with van der Waals surface area (Å²) in [6.45, 7) is 3.25. The summed E-state index contributed by atoms with van der Waals surface area (Å²) in [4.78, 5) is 0. The molecule has 0 saturated carbocycles. The predicted octanol–water partition coefficient (Wildman–Crippen LogP) is 2.11. The number of phenolic OH excluding ortho intramolecular Hbond substituents is 2. The molecule has 1 aromatic carbocycles. The van der Waals surface area contributed by atoms with Gasteiger partial charge in [-0.1, -0.05) is 11.6 Å². The molecule has 0 radical (unpaired) electrons. The number of aryl methyl sites for hydroxylation is 1. The third-order valence-corrected chi connectivity index (χ3v) is 2.27. The van der Waals surface area contributed by atoms with Gasteiger partial charge in [-0.05, 0) is 25.5 Å². The molecule has 13 heavy (non-hydrogen) atoms. The van der Waals surface area contributed by atoms with Gasteiger partial charge in [0, 0.05) is 5.56 Å². The highest BCUT2D eigenvalue weighted by molar-refractivity contribution is 6.33. The molecule has 0 fully saturated rings. The Balaban J connectivity index is 3.44. The summed E-state index contributed by atoms with van der Waals surface area (Å²) in [5.41, 5.74) is 1.09. The van der Waals surface area contributed by atoms with E-state index in [1.54, 1.807) is 13.8 Å². The molecule has 0 bridgehead atoms. The van der Waals surface area contributed by atoms with Crippen LogP contribution in [0.5, 0.6) is 11.5 Å².